The summed E-state index contributed by atoms with van der Waals surface area (Å²) in [5.41, 5.74) is 10.3. The van der Waals surface area contributed by atoms with Crippen LogP contribution in [0, 0.1) is 0 Å². The van der Waals surface area contributed by atoms with Crippen molar-refractivity contribution in [2.75, 3.05) is 5.73 Å². The molecule has 2 nitrogen and oxygen atoms in total. The van der Waals surface area contributed by atoms with E-state index in [0.29, 0.717) is 5.92 Å². The number of para-hydroxylation sites is 1. The predicted molar refractivity (Wildman–Crippen MR) is 93.4 cm³/mol. The molecule has 21 heavy (non-hydrogen) atoms. The Hall–Kier alpha value is -1.39. The number of rotatable bonds is 1. The van der Waals surface area contributed by atoms with Gasteiger partial charge < -0.3 is 5.73 Å². The van der Waals surface area contributed by atoms with Crippen LogP contribution in [0.1, 0.15) is 43.6 Å². The molecule has 3 aromatic rings. The third-order valence-electron chi connectivity index (χ3n) is 4.40. The minimum Gasteiger partial charge on any atom is -0.390 e. The smallest absolute Gasteiger partial charge is 0.127 e. The van der Waals surface area contributed by atoms with Crippen molar-refractivity contribution in [3.8, 4) is 10.6 Å². The van der Waals surface area contributed by atoms with Gasteiger partial charge in [-0.3, -0.25) is 0 Å². The lowest BCUT2D eigenvalue weighted by Crippen LogP contribution is -2.10. The lowest BCUT2D eigenvalue weighted by atomic mass is 9.91. The summed E-state index contributed by atoms with van der Waals surface area (Å²) in [6.07, 6.45) is 1.20. The maximum Gasteiger partial charge on any atom is 0.127 e. The van der Waals surface area contributed by atoms with Crippen molar-refractivity contribution in [3.05, 3.63) is 34.7 Å². The monoisotopic (exact) mass is 314 g/mol. The summed E-state index contributed by atoms with van der Waals surface area (Å²) in [5, 5.41) is 2.01. The number of fused-ring (bicyclic) bond motifs is 2. The second-order valence-corrected chi connectivity index (χ2v) is 8.64. The van der Waals surface area contributed by atoms with Crippen LogP contribution in [0.4, 0.5) is 5.00 Å². The van der Waals surface area contributed by atoms with Crippen LogP contribution in [0.25, 0.3) is 20.8 Å². The van der Waals surface area contributed by atoms with Crippen molar-refractivity contribution in [3.63, 3.8) is 0 Å². The van der Waals surface area contributed by atoms with Crippen molar-refractivity contribution in [1.82, 2.24) is 4.98 Å². The Labute approximate surface area is 132 Å². The van der Waals surface area contributed by atoms with Crippen molar-refractivity contribution in [1.29, 1.82) is 0 Å². The number of nitrogen functional groups attached to an aromatic ring is 1. The Morgan fingerprint density at radius 3 is 2.76 bits per heavy atom. The molecule has 0 saturated carbocycles. The minimum absolute atomic E-state index is 0.239. The molecule has 4 rings (SSSR count). The topological polar surface area (TPSA) is 38.9 Å². The van der Waals surface area contributed by atoms with Gasteiger partial charge in [0.15, 0.2) is 0 Å². The van der Waals surface area contributed by atoms with Crippen molar-refractivity contribution in [2.45, 2.75) is 38.5 Å². The van der Waals surface area contributed by atoms with Crippen LogP contribution in [0.5, 0.6) is 0 Å². The summed E-state index contributed by atoms with van der Waals surface area (Å²) in [6, 6.07) is 8.31. The van der Waals surface area contributed by atoms with Crippen LogP contribution < -0.4 is 5.73 Å². The van der Waals surface area contributed by atoms with Gasteiger partial charge in [-0.25, -0.2) is 4.98 Å². The number of aromatic nitrogens is 1. The number of hydrogen-bond acceptors (Lipinski definition) is 4. The van der Waals surface area contributed by atoms with E-state index < -0.39 is 0 Å². The van der Waals surface area contributed by atoms with Crippen LogP contribution in [0.15, 0.2) is 24.3 Å². The van der Waals surface area contributed by atoms with Gasteiger partial charge in [0.2, 0.25) is 0 Å². The lowest BCUT2D eigenvalue weighted by Gasteiger charge is -2.17. The standard InChI is InChI=1S/C17H18N2S2/c1-9-8-17(2,3)14-12(9)13(15(18)21-14)16-19-10-6-4-5-7-11(10)20-16/h4-7,9H,8,18H2,1-3H3. The van der Waals surface area contributed by atoms with Gasteiger partial charge in [0.1, 0.15) is 5.01 Å². The fourth-order valence-corrected chi connectivity index (χ4v) is 6.00. The number of hydrogen-bond donors (Lipinski definition) is 1. The highest BCUT2D eigenvalue weighted by Crippen LogP contribution is 2.56. The third-order valence-corrected chi connectivity index (χ3v) is 6.86. The molecule has 0 bridgehead atoms. The van der Waals surface area contributed by atoms with Crippen LogP contribution in [0.3, 0.4) is 0 Å². The van der Waals surface area contributed by atoms with E-state index in [4.69, 9.17) is 10.7 Å². The molecule has 2 heterocycles. The molecule has 2 N–H and O–H groups in total. The van der Waals surface area contributed by atoms with E-state index in [1.54, 1.807) is 22.7 Å². The quantitative estimate of drug-likeness (QED) is 0.654. The zero-order chi connectivity index (χ0) is 14.8. The van der Waals surface area contributed by atoms with E-state index in [0.717, 1.165) is 15.5 Å². The first-order chi connectivity index (χ1) is 9.97. The number of thiophene rings is 1. The minimum atomic E-state index is 0.239. The Balaban J connectivity index is 1.98. The van der Waals surface area contributed by atoms with E-state index in [1.807, 2.05) is 6.07 Å². The normalized spacial score (nSPS) is 20.0. The fourth-order valence-electron chi connectivity index (χ4n) is 3.60. The lowest BCUT2D eigenvalue weighted by molar-refractivity contribution is 0.495. The van der Waals surface area contributed by atoms with Gasteiger partial charge in [0.05, 0.1) is 15.2 Å². The molecular formula is C17H18N2S2. The molecule has 0 saturated heterocycles. The first-order valence-corrected chi connectivity index (χ1v) is 8.89. The molecule has 1 atom stereocenters. The first-order valence-electron chi connectivity index (χ1n) is 7.26. The maximum absolute atomic E-state index is 6.37. The van der Waals surface area contributed by atoms with Gasteiger partial charge in [-0.15, -0.1) is 22.7 Å². The highest BCUT2D eigenvalue weighted by molar-refractivity contribution is 7.22. The van der Waals surface area contributed by atoms with Crippen LogP contribution in [-0.2, 0) is 5.41 Å². The van der Waals surface area contributed by atoms with Gasteiger partial charge in [-0.1, -0.05) is 32.9 Å². The van der Waals surface area contributed by atoms with E-state index in [-0.39, 0.29) is 5.41 Å². The van der Waals surface area contributed by atoms with E-state index in [9.17, 15) is 0 Å². The summed E-state index contributed by atoms with van der Waals surface area (Å²) in [5.74, 6) is 0.561. The van der Waals surface area contributed by atoms with E-state index >= 15 is 0 Å². The third kappa shape index (κ3) is 1.86. The summed E-state index contributed by atoms with van der Waals surface area (Å²) in [6.45, 7) is 6.97. The molecule has 0 radical (unpaired) electrons. The molecule has 108 valence electrons. The van der Waals surface area contributed by atoms with Gasteiger partial charge in [-0.05, 0) is 30.0 Å². The van der Waals surface area contributed by atoms with E-state index in [2.05, 4.69) is 39.0 Å². The van der Waals surface area contributed by atoms with Crippen LogP contribution >= 0.6 is 22.7 Å². The molecule has 0 fully saturated rings. The molecule has 1 aliphatic rings. The second kappa shape index (κ2) is 4.31. The average Bonchev–Trinajstić information content (AvgIpc) is 3.03. The predicted octanol–water partition coefficient (Wildman–Crippen LogP) is 5.39. The Kier molecular flexibility index (Phi) is 2.72. The Morgan fingerprint density at radius 1 is 1.24 bits per heavy atom. The second-order valence-electron chi connectivity index (χ2n) is 6.56. The highest BCUT2D eigenvalue weighted by atomic mass is 32.1. The molecule has 0 aliphatic heterocycles. The van der Waals surface area contributed by atoms with Gasteiger partial charge in [0, 0.05) is 15.9 Å². The zero-order valence-electron chi connectivity index (χ0n) is 12.4. The summed E-state index contributed by atoms with van der Waals surface area (Å²) >= 11 is 3.52. The van der Waals surface area contributed by atoms with Crippen molar-refractivity contribution >= 4 is 37.9 Å². The molecular weight excluding hydrogens is 296 g/mol. The van der Waals surface area contributed by atoms with E-state index in [1.165, 1.54) is 27.1 Å². The number of benzene rings is 1. The van der Waals surface area contributed by atoms with Crippen LogP contribution in [-0.4, -0.2) is 4.98 Å². The number of thiazole rings is 1. The van der Waals surface area contributed by atoms with Gasteiger partial charge in [0.25, 0.3) is 0 Å². The Morgan fingerprint density at radius 2 is 2.00 bits per heavy atom. The molecule has 0 amide bonds. The summed E-state index contributed by atoms with van der Waals surface area (Å²) in [4.78, 5) is 6.28. The number of anilines is 1. The first kappa shape index (κ1) is 13.3. The van der Waals surface area contributed by atoms with Gasteiger partial charge >= 0.3 is 0 Å². The molecule has 1 unspecified atom stereocenters. The van der Waals surface area contributed by atoms with Gasteiger partial charge in [-0.2, -0.15) is 0 Å². The zero-order valence-corrected chi connectivity index (χ0v) is 14.1. The molecule has 1 aromatic carbocycles. The maximum atomic E-state index is 6.37. The molecule has 4 heteroatoms. The van der Waals surface area contributed by atoms with Crippen molar-refractivity contribution in [2.24, 2.45) is 0 Å². The summed E-state index contributed by atoms with van der Waals surface area (Å²) < 4.78 is 1.23. The SMILES string of the molecule is CC1CC(C)(C)c2sc(N)c(-c3nc4ccccc4s3)c21. The number of nitrogens with zero attached hydrogens (tertiary/aromatic N) is 1. The molecule has 0 spiro atoms. The number of nitrogens with two attached hydrogens (primary N) is 1. The van der Waals surface area contributed by atoms with Crippen molar-refractivity contribution < 1.29 is 0 Å². The van der Waals surface area contributed by atoms with Crippen LogP contribution in [0.2, 0.25) is 0 Å². The Bertz CT molecular complexity index is 809. The largest absolute Gasteiger partial charge is 0.390 e. The average molecular weight is 314 g/mol. The highest BCUT2D eigenvalue weighted by Gasteiger charge is 2.40. The molecule has 2 aromatic heterocycles. The molecule has 1 aliphatic carbocycles. The summed E-state index contributed by atoms with van der Waals surface area (Å²) in [7, 11) is 0. The fraction of sp³-hybridized carbons (Fsp3) is 0.353.